The van der Waals surface area contributed by atoms with Crippen LogP contribution < -0.4 is 10.2 Å². The monoisotopic (exact) mass is 712 g/mol. The second-order valence-electron chi connectivity index (χ2n) is 13.7. The molecule has 2 saturated heterocycles. The van der Waals surface area contributed by atoms with Crippen LogP contribution in [0.25, 0.3) is 12.2 Å². The van der Waals surface area contributed by atoms with E-state index in [0.29, 0.717) is 5.92 Å². The van der Waals surface area contributed by atoms with Gasteiger partial charge in [0.2, 0.25) is 0 Å². The molecule has 1 atom stereocenters. The van der Waals surface area contributed by atoms with E-state index in [1.807, 2.05) is 53.7 Å². The van der Waals surface area contributed by atoms with Gasteiger partial charge in [-0.15, -0.1) is 6.58 Å². The van der Waals surface area contributed by atoms with Crippen LogP contribution in [-0.4, -0.2) is 37.1 Å². The van der Waals surface area contributed by atoms with Crippen molar-refractivity contribution in [3.05, 3.63) is 115 Å². The molecule has 0 aromatic heterocycles. The zero-order valence-corrected chi connectivity index (χ0v) is 35.5. The summed E-state index contributed by atoms with van der Waals surface area (Å²) >= 11 is 0. The first-order valence-corrected chi connectivity index (χ1v) is 20.9. The Bertz CT molecular complexity index is 1240. The molecule has 5 rings (SSSR count). The molecule has 3 heteroatoms. The van der Waals surface area contributed by atoms with Crippen LogP contribution in [0.4, 0.5) is 5.69 Å². The zero-order valence-electron chi connectivity index (χ0n) is 35.5. The first-order chi connectivity index (χ1) is 25.2. The molecule has 3 aliphatic rings. The van der Waals surface area contributed by atoms with E-state index in [-0.39, 0.29) is 0 Å². The van der Waals surface area contributed by atoms with Crippen LogP contribution in [0.5, 0.6) is 0 Å². The summed E-state index contributed by atoms with van der Waals surface area (Å²) in [7, 11) is 0. The lowest BCUT2D eigenvalue weighted by Gasteiger charge is -2.42. The molecular weight excluding hydrogens is 631 g/mol. The molecule has 0 spiro atoms. The third kappa shape index (κ3) is 19.0. The van der Waals surface area contributed by atoms with E-state index < -0.39 is 0 Å². The highest BCUT2D eigenvalue weighted by Gasteiger charge is 2.28. The maximum Gasteiger partial charge on any atom is 0.0366 e. The molecule has 3 fully saturated rings. The van der Waals surface area contributed by atoms with Crippen molar-refractivity contribution in [1.82, 2.24) is 10.2 Å². The van der Waals surface area contributed by atoms with Gasteiger partial charge in [-0.3, -0.25) is 0 Å². The summed E-state index contributed by atoms with van der Waals surface area (Å²) in [6.07, 6.45) is 20.3. The number of aryl methyl sites for hydroxylation is 2. The van der Waals surface area contributed by atoms with Crippen molar-refractivity contribution in [3.8, 4) is 0 Å². The van der Waals surface area contributed by atoms with E-state index in [1.165, 1.54) is 118 Å². The largest absolute Gasteiger partial charge is 0.372 e. The summed E-state index contributed by atoms with van der Waals surface area (Å²) in [5.41, 5.74) is 8.67. The van der Waals surface area contributed by atoms with Gasteiger partial charge in [0.15, 0.2) is 0 Å². The Kier molecular flexibility index (Phi) is 28.3. The quantitative estimate of drug-likeness (QED) is 0.175. The molecule has 1 aliphatic carbocycles. The van der Waals surface area contributed by atoms with Crippen molar-refractivity contribution in [3.63, 3.8) is 0 Å². The highest BCUT2D eigenvalue weighted by molar-refractivity contribution is 5.55. The summed E-state index contributed by atoms with van der Waals surface area (Å²) in [5.74, 6) is 1.50. The van der Waals surface area contributed by atoms with E-state index in [9.17, 15) is 0 Å². The maximum atomic E-state index is 3.87. The van der Waals surface area contributed by atoms with Gasteiger partial charge in [-0.1, -0.05) is 136 Å². The van der Waals surface area contributed by atoms with Gasteiger partial charge < -0.3 is 15.1 Å². The third-order valence-corrected chi connectivity index (χ3v) is 10.1. The summed E-state index contributed by atoms with van der Waals surface area (Å²) in [4.78, 5) is 5.41. The van der Waals surface area contributed by atoms with Crippen LogP contribution in [0.3, 0.4) is 0 Å². The van der Waals surface area contributed by atoms with Gasteiger partial charge in [0.25, 0.3) is 0 Å². The topological polar surface area (TPSA) is 18.5 Å². The molecule has 2 aromatic carbocycles. The van der Waals surface area contributed by atoms with E-state index in [4.69, 9.17) is 0 Å². The van der Waals surface area contributed by atoms with Gasteiger partial charge in [-0.25, -0.2) is 0 Å². The average molecular weight is 712 g/mol. The van der Waals surface area contributed by atoms with E-state index in [2.05, 4.69) is 117 Å². The lowest BCUT2D eigenvalue weighted by molar-refractivity contribution is 0.0986. The van der Waals surface area contributed by atoms with Crippen molar-refractivity contribution in [1.29, 1.82) is 0 Å². The second kappa shape index (κ2) is 30.2. The number of unbranched alkanes of at least 4 members (excludes halogenated alkanes) is 3. The van der Waals surface area contributed by atoms with Crippen molar-refractivity contribution in [2.24, 2.45) is 11.8 Å². The predicted octanol–water partition coefficient (Wildman–Crippen LogP) is 14.2. The number of piperidine rings is 2. The van der Waals surface area contributed by atoms with Crippen LogP contribution in [0, 0.1) is 25.7 Å². The second-order valence-corrected chi connectivity index (χ2v) is 13.7. The molecule has 2 aromatic rings. The number of rotatable bonds is 12. The van der Waals surface area contributed by atoms with Crippen LogP contribution in [-0.2, 0) is 0 Å². The van der Waals surface area contributed by atoms with E-state index in [1.54, 1.807) is 0 Å². The smallest absolute Gasteiger partial charge is 0.0366 e. The number of hydrogen-bond acceptors (Lipinski definition) is 3. The molecular formula is C49H81N3. The van der Waals surface area contributed by atoms with E-state index >= 15 is 0 Å². The number of benzene rings is 2. The van der Waals surface area contributed by atoms with Gasteiger partial charge in [0.05, 0.1) is 0 Å². The molecule has 2 heterocycles. The van der Waals surface area contributed by atoms with Crippen molar-refractivity contribution >= 4 is 17.8 Å². The fraction of sp³-hybridized carbons (Fsp3) is 0.551. The summed E-state index contributed by atoms with van der Waals surface area (Å²) in [6, 6.07) is 16.1. The maximum absolute atomic E-state index is 3.87. The molecule has 0 radical (unpaired) electrons. The van der Waals surface area contributed by atoms with Crippen LogP contribution in [0.1, 0.15) is 141 Å². The van der Waals surface area contributed by atoms with Gasteiger partial charge in [0, 0.05) is 42.8 Å². The minimum atomic E-state index is 0.621. The SMILES string of the molecule is C=C1CCC(C)C(=C)N1.C=CCCCCCN(CC1CCN(c2ccc(C=C)cc2)CC1)C1CCC1.C=Cc1ccc(C)c(C)c1.CC.CC.CC. The standard InChI is InChI=1S/C25H38N2.C10H12.C8H13N.3C2H6/c1-3-5-6-7-8-18-27(24-10-9-11-24)21-23-16-19-26(20-17-23)25-14-12-22(4-2)13-15-25;1-4-10-6-5-8(2)9(3)7-10;1-6-4-5-7(2)9-8(6)3;3*1-2/h3-4,12-15,23-24H,1-2,5-11,16-21H2;4-7H,1H2,2-3H3;6,9H,2-5H2,1H3;3*1-2H3. The van der Waals surface area contributed by atoms with Crippen molar-refractivity contribution in [2.75, 3.05) is 31.1 Å². The Morgan fingerprint density at radius 2 is 1.35 bits per heavy atom. The van der Waals surface area contributed by atoms with Gasteiger partial charge in [-0.05, 0) is 124 Å². The minimum Gasteiger partial charge on any atom is -0.372 e. The Labute approximate surface area is 324 Å². The normalized spacial score (nSPS) is 16.6. The fourth-order valence-corrected chi connectivity index (χ4v) is 6.35. The molecule has 292 valence electrons. The highest BCUT2D eigenvalue weighted by atomic mass is 15.2. The van der Waals surface area contributed by atoms with E-state index in [0.717, 1.165) is 29.8 Å². The van der Waals surface area contributed by atoms with Crippen LogP contribution in [0.2, 0.25) is 0 Å². The molecule has 52 heavy (non-hydrogen) atoms. The van der Waals surface area contributed by atoms with Gasteiger partial charge in [-0.2, -0.15) is 0 Å². The average Bonchev–Trinajstić information content (AvgIpc) is 3.17. The summed E-state index contributed by atoms with van der Waals surface area (Å²) in [6.45, 7) is 42.5. The number of anilines is 1. The van der Waals surface area contributed by atoms with Crippen LogP contribution >= 0.6 is 0 Å². The molecule has 2 aliphatic heterocycles. The lowest BCUT2D eigenvalue weighted by Crippen LogP contribution is -2.45. The Morgan fingerprint density at radius 1 is 0.750 bits per heavy atom. The fourth-order valence-electron chi connectivity index (χ4n) is 6.35. The number of hydrogen-bond donors (Lipinski definition) is 1. The Morgan fingerprint density at radius 3 is 1.83 bits per heavy atom. The molecule has 0 amide bonds. The zero-order chi connectivity index (χ0) is 39.3. The highest BCUT2D eigenvalue weighted by Crippen LogP contribution is 2.30. The molecule has 3 nitrogen and oxygen atoms in total. The number of nitrogens with one attached hydrogen (secondary N) is 1. The lowest BCUT2D eigenvalue weighted by atomic mass is 9.88. The summed E-state index contributed by atoms with van der Waals surface area (Å²) in [5, 5.41) is 3.14. The van der Waals surface area contributed by atoms with Gasteiger partial charge >= 0.3 is 0 Å². The van der Waals surface area contributed by atoms with Crippen molar-refractivity contribution in [2.45, 2.75) is 139 Å². The number of nitrogens with zero attached hydrogens (tertiary/aromatic N) is 2. The Balaban J connectivity index is 0.000000850. The first-order valence-electron chi connectivity index (χ1n) is 20.9. The minimum absolute atomic E-state index is 0.621. The summed E-state index contributed by atoms with van der Waals surface area (Å²) < 4.78 is 0. The van der Waals surface area contributed by atoms with Gasteiger partial charge in [0.1, 0.15) is 0 Å². The molecule has 1 N–H and O–H groups in total. The van der Waals surface area contributed by atoms with Crippen LogP contribution in [0.15, 0.2) is 92.8 Å². The predicted molar refractivity (Wildman–Crippen MR) is 239 cm³/mol. The molecule has 1 saturated carbocycles. The Hall–Kier alpha value is -3.30. The third-order valence-electron chi connectivity index (χ3n) is 10.1. The first kappa shape index (κ1) is 48.7. The molecule has 1 unspecified atom stereocenters. The number of allylic oxidation sites excluding steroid dienone is 3. The van der Waals surface area contributed by atoms with Crippen molar-refractivity contribution < 1.29 is 0 Å². The molecule has 0 bridgehead atoms.